The second kappa shape index (κ2) is 8.28. The van der Waals surface area contributed by atoms with Gasteiger partial charge in [0, 0.05) is 25.6 Å². The second-order valence-corrected chi connectivity index (χ2v) is 11.4. The van der Waals surface area contributed by atoms with E-state index in [4.69, 9.17) is 0 Å². The molecule has 0 bridgehead atoms. The van der Waals surface area contributed by atoms with E-state index < -0.39 is 15.6 Å². The molecule has 32 heavy (non-hydrogen) atoms. The average molecular weight is 455 g/mol. The van der Waals surface area contributed by atoms with Gasteiger partial charge in [0.25, 0.3) is 5.91 Å². The number of nitrogens with zero attached hydrogens (tertiary/aromatic N) is 1. The summed E-state index contributed by atoms with van der Waals surface area (Å²) in [6.45, 7) is 1.47. The van der Waals surface area contributed by atoms with Crippen molar-refractivity contribution in [3.63, 3.8) is 0 Å². The lowest BCUT2D eigenvalue weighted by molar-refractivity contribution is -0.147. The Hall–Kier alpha value is -2.22. The molecule has 1 saturated heterocycles. The van der Waals surface area contributed by atoms with E-state index in [0.29, 0.717) is 30.1 Å². The minimum Gasteiger partial charge on any atom is -0.375 e. The molecular formula is C25H30N2O4S. The van der Waals surface area contributed by atoms with Crippen molar-refractivity contribution in [1.29, 1.82) is 0 Å². The minimum absolute atomic E-state index is 0.0740. The van der Waals surface area contributed by atoms with Crippen molar-refractivity contribution in [2.45, 2.75) is 36.2 Å². The second-order valence-electron chi connectivity index (χ2n) is 9.45. The first kappa shape index (κ1) is 21.6. The third kappa shape index (κ3) is 3.66. The van der Waals surface area contributed by atoms with Crippen LogP contribution in [-0.4, -0.2) is 43.4 Å². The fraction of sp³-hybridized carbons (Fsp3) is 0.480. The molecule has 3 fully saturated rings. The number of nitrogens with one attached hydrogen (secondary N) is 1. The fourth-order valence-corrected chi connectivity index (χ4v) is 7.32. The fourth-order valence-electron chi connectivity index (χ4n) is 5.78. The van der Waals surface area contributed by atoms with E-state index >= 15 is 0 Å². The van der Waals surface area contributed by atoms with Gasteiger partial charge in [-0.15, -0.1) is 0 Å². The molecular weight excluding hydrogens is 424 g/mol. The van der Waals surface area contributed by atoms with Gasteiger partial charge in [-0.3, -0.25) is 4.79 Å². The summed E-state index contributed by atoms with van der Waals surface area (Å²) >= 11 is 0. The van der Waals surface area contributed by atoms with Crippen LogP contribution in [0.4, 0.5) is 0 Å². The van der Waals surface area contributed by atoms with E-state index in [-0.39, 0.29) is 29.6 Å². The highest BCUT2D eigenvalue weighted by Crippen LogP contribution is 2.52. The highest BCUT2D eigenvalue weighted by molar-refractivity contribution is 7.89. The number of amides is 1. The van der Waals surface area contributed by atoms with Crippen LogP contribution in [0.3, 0.4) is 0 Å². The van der Waals surface area contributed by atoms with Gasteiger partial charge in [0.15, 0.2) is 5.60 Å². The molecule has 0 radical (unpaired) electrons. The third-order valence-electron chi connectivity index (χ3n) is 7.72. The largest absolute Gasteiger partial charge is 0.375 e. The number of hydrogen-bond acceptors (Lipinski definition) is 4. The van der Waals surface area contributed by atoms with Gasteiger partial charge in [0.2, 0.25) is 10.0 Å². The van der Waals surface area contributed by atoms with Crippen LogP contribution in [0.2, 0.25) is 0 Å². The van der Waals surface area contributed by atoms with Crippen molar-refractivity contribution in [2.24, 2.45) is 23.7 Å². The van der Waals surface area contributed by atoms with Crippen molar-refractivity contribution >= 4 is 15.9 Å². The minimum atomic E-state index is -3.46. The van der Waals surface area contributed by atoms with Crippen LogP contribution < -0.4 is 5.32 Å². The number of hydrogen-bond donors (Lipinski definition) is 2. The van der Waals surface area contributed by atoms with Crippen molar-refractivity contribution in [2.75, 3.05) is 19.6 Å². The Labute approximate surface area is 189 Å². The summed E-state index contributed by atoms with van der Waals surface area (Å²) in [6, 6.07) is 17.8. The Kier molecular flexibility index (Phi) is 5.60. The van der Waals surface area contributed by atoms with E-state index in [9.17, 15) is 18.3 Å². The molecule has 2 saturated carbocycles. The van der Waals surface area contributed by atoms with Gasteiger partial charge in [-0.25, -0.2) is 8.42 Å². The maximum atomic E-state index is 13.2. The molecule has 0 spiro atoms. The Morgan fingerprint density at radius 2 is 1.53 bits per heavy atom. The lowest BCUT2D eigenvalue weighted by Gasteiger charge is -2.33. The molecule has 1 heterocycles. The molecule has 0 aromatic heterocycles. The first-order valence-electron chi connectivity index (χ1n) is 11.5. The lowest BCUT2D eigenvalue weighted by atomic mass is 9.79. The summed E-state index contributed by atoms with van der Waals surface area (Å²) in [7, 11) is -3.46. The zero-order valence-electron chi connectivity index (χ0n) is 18.1. The Bertz CT molecular complexity index is 1060. The van der Waals surface area contributed by atoms with Gasteiger partial charge in [0.1, 0.15) is 0 Å². The van der Waals surface area contributed by atoms with E-state index in [1.54, 1.807) is 34.6 Å². The number of piperidine rings is 1. The molecule has 2 aliphatic carbocycles. The van der Waals surface area contributed by atoms with Crippen LogP contribution >= 0.6 is 0 Å². The number of rotatable bonds is 7. The molecule has 4 atom stereocenters. The SMILES string of the molecule is O=C(NC[C@H]1C2CN(S(=O)(=O)c3ccccc3)C[C@@H]21)C(O)(c1ccccc1)C1CCCC1. The molecule has 6 nitrogen and oxygen atoms in total. The van der Waals surface area contributed by atoms with Crippen LogP contribution in [0.25, 0.3) is 0 Å². The van der Waals surface area contributed by atoms with Crippen LogP contribution in [0, 0.1) is 23.7 Å². The number of fused-ring (bicyclic) bond motifs is 1. The summed E-state index contributed by atoms with van der Waals surface area (Å²) in [6.07, 6.45) is 3.76. The molecule has 2 unspecified atom stereocenters. The normalized spacial score (nSPS) is 27.6. The summed E-state index contributed by atoms with van der Waals surface area (Å²) < 4.78 is 27.2. The van der Waals surface area contributed by atoms with Crippen LogP contribution in [0.15, 0.2) is 65.6 Å². The monoisotopic (exact) mass is 454 g/mol. The number of carbonyl (C=O) groups is 1. The first-order valence-corrected chi connectivity index (χ1v) is 13.0. The summed E-state index contributed by atoms with van der Waals surface area (Å²) in [5.74, 6) is 0.407. The van der Waals surface area contributed by atoms with E-state index in [2.05, 4.69) is 5.32 Å². The first-order chi connectivity index (χ1) is 15.4. The van der Waals surface area contributed by atoms with E-state index in [0.717, 1.165) is 25.7 Å². The quantitative estimate of drug-likeness (QED) is 0.674. The molecule has 2 aromatic carbocycles. The van der Waals surface area contributed by atoms with Gasteiger partial charge in [0.05, 0.1) is 4.90 Å². The standard InChI is InChI=1S/C25H30N2O4S/c28-24(25(29,19-11-7-8-12-19)18-9-3-1-4-10-18)26-15-21-22-16-27(17-23(21)22)32(30,31)20-13-5-2-6-14-20/h1-6,9-10,13-14,19,21-23,29H,7-8,11-12,15-17H2,(H,26,28)/t21-,22-,23?,25?/m1/s1. The highest BCUT2D eigenvalue weighted by atomic mass is 32.2. The van der Waals surface area contributed by atoms with Crippen molar-refractivity contribution in [1.82, 2.24) is 9.62 Å². The number of carbonyl (C=O) groups excluding carboxylic acids is 1. The Morgan fingerprint density at radius 3 is 2.12 bits per heavy atom. The van der Waals surface area contributed by atoms with Crippen LogP contribution in [-0.2, 0) is 20.4 Å². The van der Waals surface area contributed by atoms with Gasteiger partial charge in [-0.2, -0.15) is 4.31 Å². The zero-order valence-corrected chi connectivity index (χ0v) is 18.9. The van der Waals surface area contributed by atoms with Crippen molar-refractivity contribution < 1.29 is 18.3 Å². The highest BCUT2D eigenvalue weighted by Gasteiger charge is 2.58. The van der Waals surface area contributed by atoms with E-state index in [1.165, 1.54) is 0 Å². The predicted molar refractivity (Wildman–Crippen MR) is 121 cm³/mol. The number of benzene rings is 2. The molecule has 170 valence electrons. The zero-order chi connectivity index (χ0) is 22.3. The molecule has 2 N–H and O–H groups in total. The van der Waals surface area contributed by atoms with Crippen LogP contribution in [0.5, 0.6) is 0 Å². The van der Waals surface area contributed by atoms with Gasteiger partial charge in [-0.05, 0) is 48.3 Å². The lowest BCUT2D eigenvalue weighted by Crippen LogP contribution is -2.49. The molecule has 5 rings (SSSR count). The number of sulfonamides is 1. The summed E-state index contributed by atoms with van der Waals surface area (Å²) in [4.78, 5) is 13.6. The molecule has 2 aromatic rings. The van der Waals surface area contributed by atoms with Crippen molar-refractivity contribution in [3.8, 4) is 0 Å². The molecule has 1 aliphatic heterocycles. The summed E-state index contributed by atoms with van der Waals surface area (Å²) in [5.41, 5.74) is -0.856. The topological polar surface area (TPSA) is 86.7 Å². The Morgan fingerprint density at radius 1 is 0.969 bits per heavy atom. The van der Waals surface area contributed by atoms with Crippen LogP contribution in [0.1, 0.15) is 31.2 Å². The van der Waals surface area contributed by atoms with E-state index in [1.807, 2.05) is 30.3 Å². The van der Waals surface area contributed by atoms with Gasteiger partial charge in [-0.1, -0.05) is 61.4 Å². The third-order valence-corrected chi connectivity index (χ3v) is 9.57. The molecule has 7 heteroatoms. The van der Waals surface area contributed by atoms with Gasteiger partial charge >= 0.3 is 0 Å². The maximum absolute atomic E-state index is 13.2. The maximum Gasteiger partial charge on any atom is 0.256 e. The molecule has 1 amide bonds. The Balaban J connectivity index is 1.21. The summed E-state index contributed by atoms with van der Waals surface area (Å²) in [5, 5.41) is 14.6. The predicted octanol–water partition coefficient (Wildman–Crippen LogP) is 2.75. The van der Waals surface area contributed by atoms with Crippen molar-refractivity contribution in [3.05, 3.63) is 66.2 Å². The average Bonchev–Trinajstić information content (AvgIpc) is 3.23. The smallest absolute Gasteiger partial charge is 0.256 e. The molecule has 3 aliphatic rings. The number of aliphatic hydroxyl groups is 1. The van der Waals surface area contributed by atoms with Gasteiger partial charge < -0.3 is 10.4 Å².